The highest BCUT2D eigenvalue weighted by Gasteiger charge is 2.22. The standard InChI is InChI=1S/C43H50N14O10S4/c1-7-55(8-2)25-11-13-27(51-53-42-46-31-21-37(70(60,61)62)33(66-5)23-35(31)68-42)29(19-25)44-39-48-40(50-41(49-39)57(15-17-58)16-18-59)45-30-20-26(56(9-3)10-4)12-14-28(30)52-54-43-47-32-22-38(71(63,64)65)34(67-6)24-36(32)69-43/h11-14,19-24,58-59H,7-10,15-18H2,1-6H3,(H,60,61,62)(H,63,64,65)(H2,44,45,48,49,50)/b53-51+,54-52+. The summed E-state index contributed by atoms with van der Waals surface area (Å²) in [5.41, 5.74) is 3.70. The van der Waals surface area contributed by atoms with Crippen molar-refractivity contribution in [3.05, 3.63) is 60.7 Å². The number of hydrogen-bond acceptors (Lipinski definition) is 24. The van der Waals surface area contributed by atoms with Gasteiger partial charge in [0.2, 0.25) is 28.1 Å². The molecule has 0 saturated carbocycles. The van der Waals surface area contributed by atoms with E-state index in [1.807, 2.05) is 52.0 Å². The molecule has 0 spiro atoms. The number of fused-ring (bicyclic) bond motifs is 2. The molecular formula is C43H50N14O10S4. The number of aromatic nitrogens is 5. The van der Waals surface area contributed by atoms with Crippen molar-refractivity contribution in [3.8, 4) is 11.5 Å². The molecule has 0 atom stereocenters. The second-order valence-corrected chi connectivity index (χ2v) is 19.8. The van der Waals surface area contributed by atoms with E-state index in [4.69, 9.17) is 24.4 Å². The summed E-state index contributed by atoms with van der Waals surface area (Å²) >= 11 is 2.24. The highest BCUT2D eigenvalue weighted by molar-refractivity contribution is 7.86. The lowest BCUT2D eigenvalue weighted by atomic mass is 10.2. The van der Waals surface area contributed by atoms with Crippen LogP contribution in [-0.2, 0) is 20.2 Å². The number of benzene rings is 4. The average molecular weight is 1050 g/mol. The molecule has 0 unspecified atom stereocenters. The number of anilines is 7. The highest BCUT2D eigenvalue weighted by atomic mass is 32.2. The molecule has 7 aromatic rings. The predicted molar refractivity (Wildman–Crippen MR) is 273 cm³/mol. The van der Waals surface area contributed by atoms with Crippen LogP contribution >= 0.6 is 22.7 Å². The van der Waals surface area contributed by atoms with E-state index in [2.05, 4.69) is 50.9 Å². The van der Waals surface area contributed by atoms with Crippen LogP contribution in [0, 0.1) is 0 Å². The van der Waals surface area contributed by atoms with Gasteiger partial charge in [-0.3, -0.25) is 9.11 Å². The molecule has 0 aliphatic carbocycles. The molecule has 28 heteroatoms. The zero-order valence-electron chi connectivity index (χ0n) is 39.2. The second-order valence-electron chi connectivity index (χ2n) is 15.0. The van der Waals surface area contributed by atoms with Crippen LogP contribution in [0.25, 0.3) is 20.4 Å². The first-order valence-electron chi connectivity index (χ1n) is 21.8. The van der Waals surface area contributed by atoms with Crippen LogP contribution in [0.1, 0.15) is 27.7 Å². The quantitative estimate of drug-likeness (QED) is 0.0259. The fraction of sp³-hybridized carbons (Fsp3) is 0.326. The lowest BCUT2D eigenvalue weighted by molar-refractivity contribution is 0.280. The molecule has 3 aromatic heterocycles. The van der Waals surface area contributed by atoms with Gasteiger partial charge in [-0.25, -0.2) is 9.97 Å². The first-order chi connectivity index (χ1) is 34.0. The van der Waals surface area contributed by atoms with E-state index in [-0.39, 0.29) is 76.9 Å². The zero-order chi connectivity index (χ0) is 51.0. The van der Waals surface area contributed by atoms with E-state index in [1.165, 1.54) is 38.5 Å². The maximum absolute atomic E-state index is 12.1. The van der Waals surface area contributed by atoms with E-state index < -0.39 is 30.0 Å². The first-order valence-corrected chi connectivity index (χ1v) is 26.3. The average Bonchev–Trinajstić information content (AvgIpc) is 3.95. The summed E-state index contributed by atoms with van der Waals surface area (Å²) in [6, 6.07) is 16.3. The summed E-state index contributed by atoms with van der Waals surface area (Å²) < 4.78 is 79.3. The van der Waals surface area contributed by atoms with Crippen LogP contribution in [-0.4, -0.2) is 128 Å². The van der Waals surface area contributed by atoms with Crippen LogP contribution in [0.4, 0.5) is 62.2 Å². The maximum atomic E-state index is 12.1. The number of aliphatic hydroxyl groups is 2. The number of rotatable bonds is 23. The molecule has 0 bridgehead atoms. The molecule has 0 fully saturated rings. The minimum Gasteiger partial charge on any atom is -0.495 e. The number of nitrogens with one attached hydrogen (secondary N) is 2. The van der Waals surface area contributed by atoms with Crippen LogP contribution < -0.4 is 34.8 Å². The number of ether oxygens (including phenoxy) is 2. The van der Waals surface area contributed by atoms with Gasteiger partial charge in [-0.15, -0.1) is 20.5 Å². The Labute approximate surface area is 416 Å². The number of azo groups is 2. The molecule has 71 heavy (non-hydrogen) atoms. The largest absolute Gasteiger partial charge is 0.495 e. The van der Waals surface area contributed by atoms with E-state index in [1.54, 1.807) is 17.0 Å². The molecule has 0 amide bonds. The fourth-order valence-electron chi connectivity index (χ4n) is 7.25. The third-order valence-electron chi connectivity index (χ3n) is 10.7. The summed E-state index contributed by atoms with van der Waals surface area (Å²) in [4.78, 5) is 28.0. The molecule has 0 aliphatic heterocycles. The van der Waals surface area contributed by atoms with Crippen molar-refractivity contribution in [2.45, 2.75) is 37.5 Å². The number of thiazole rings is 2. The van der Waals surface area contributed by atoms with Gasteiger partial charge in [-0.1, -0.05) is 22.7 Å². The molecule has 0 aliphatic rings. The van der Waals surface area contributed by atoms with Crippen LogP contribution in [0.15, 0.2) is 90.9 Å². The van der Waals surface area contributed by atoms with Crippen LogP contribution in [0.5, 0.6) is 11.5 Å². The van der Waals surface area contributed by atoms with Gasteiger partial charge in [0.15, 0.2) is 0 Å². The lowest BCUT2D eigenvalue weighted by Crippen LogP contribution is -2.31. The summed E-state index contributed by atoms with van der Waals surface area (Å²) in [5, 5.41) is 44.9. The van der Waals surface area contributed by atoms with Crippen molar-refractivity contribution in [1.29, 1.82) is 0 Å². The van der Waals surface area contributed by atoms with Gasteiger partial charge >= 0.3 is 0 Å². The summed E-state index contributed by atoms with van der Waals surface area (Å²) in [6.45, 7) is 10.4. The summed E-state index contributed by atoms with van der Waals surface area (Å²) in [6.07, 6.45) is 0. The Morgan fingerprint density at radius 1 is 0.563 bits per heavy atom. The first kappa shape index (κ1) is 52.0. The predicted octanol–water partition coefficient (Wildman–Crippen LogP) is 8.40. The van der Waals surface area contributed by atoms with Crippen molar-refractivity contribution in [2.75, 3.05) is 92.0 Å². The Hall–Kier alpha value is -6.79. The van der Waals surface area contributed by atoms with Crippen LogP contribution in [0.2, 0.25) is 0 Å². The van der Waals surface area contributed by atoms with Gasteiger partial charge in [0, 0.05) is 62.8 Å². The zero-order valence-corrected chi connectivity index (χ0v) is 42.4. The van der Waals surface area contributed by atoms with Gasteiger partial charge in [-0.2, -0.15) is 31.8 Å². The molecule has 24 nitrogen and oxygen atoms in total. The van der Waals surface area contributed by atoms with E-state index in [0.717, 1.165) is 34.0 Å². The third-order valence-corrected chi connectivity index (χ3v) is 14.3. The lowest BCUT2D eigenvalue weighted by Gasteiger charge is -2.24. The number of aliphatic hydroxyl groups excluding tert-OH is 2. The Morgan fingerprint density at radius 3 is 1.32 bits per heavy atom. The van der Waals surface area contributed by atoms with Crippen LogP contribution in [0.3, 0.4) is 0 Å². The van der Waals surface area contributed by atoms with E-state index in [9.17, 15) is 36.2 Å². The molecular weight excluding hydrogens is 1000 g/mol. The van der Waals surface area contributed by atoms with Gasteiger partial charge in [0.25, 0.3) is 20.2 Å². The van der Waals surface area contributed by atoms with Gasteiger partial charge in [0.05, 0.1) is 59.2 Å². The maximum Gasteiger partial charge on any atom is 0.298 e. The number of methoxy groups -OCH3 is 2. The Morgan fingerprint density at radius 2 is 0.972 bits per heavy atom. The normalized spacial score (nSPS) is 12.1. The SMILES string of the molecule is CCN(CC)c1ccc(/N=N/c2nc3cc(S(=O)(=O)O)c(OC)cc3s2)c(Nc2nc(Nc3cc(N(CC)CC)ccc3/N=N/c3nc4cc(S(=O)(=O)O)c(OC)cc4s3)nc(N(CCO)CCO)n2)c1. The van der Waals surface area contributed by atoms with E-state index >= 15 is 0 Å². The number of nitrogens with zero attached hydrogens (tertiary/aromatic N) is 12. The molecule has 376 valence electrons. The molecule has 4 aromatic carbocycles. The smallest absolute Gasteiger partial charge is 0.298 e. The second kappa shape index (κ2) is 22.5. The molecule has 0 saturated heterocycles. The van der Waals surface area contributed by atoms with E-state index in [0.29, 0.717) is 58.3 Å². The fourth-order valence-corrected chi connectivity index (χ4v) is 10.2. The molecule has 7 rings (SSSR count). The van der Waals surface area contributed by atoms with Crippen molar-refractivity contribution in [2.24, 2.45) is 20.5 Å². The van der Waals surface area contributed by atoms with Gasteiger partial charge in [-0.05, 0) is 76.2 Å². The molecule has 0 radical (unpaired) electrons. The minimum atomic E-state index is -4.62. The summed E-state index contributed by atoms with van der Waals surface area (Å²) in [5.74, 6) is 0.0549. The van der Waals surface area contributed by atoms with Gasteiger partial charge in [0.1, 0.15) is 32.7 Å². The topological polar surface area (TPSA) is 315 Å². The molecule has 6 N–H and O–H groups in total. The monoisotopic (exact) mass is 1050 g/mol. The van der Waals surface area contributed by atoms with Crippen molar-refractivity contribution < 1.29 is 45.6 Å². The van der Waals surface area contributed by atoms with Crippen molar-refractivity contribution in [3.63, 3.8) is 0 Å². The Kier molecular flexibility index (Phi) is 16.5. The minimum absolute atomic E-state index is 0.0357. The number of hydrogen-bond donors (Lipinski definition) is 6. The van der Waals surface area contributed by atoms with Gasteiger partial charge < -0.3 is 45.0 Å². The summed E-state index contributed by atoms with van der Waals surface area (Å²) in [7, 11) is -6.66. The van der Waals surface area contributed by atoms with Crippen molar-refractivity contribution >= 4 is 126 Å². The van der Waals surface area contributed by atoms with Crippen molar-refractivity contribution in [1.82, 2.24) is 24.9 Å². The Bertz CT molecular complexity index is 3120. The molecule has 3 heterocycles. The highest BCUT2D eigenvalue weighted by Crippen LogP contribution is 2.40. The Balaban J connectivity index is 1.31. The third kappa shape index (κ3) is 12.2.